The van der Waals surface area contributed by atoms with Crippen LogP contribution in [0.3, 0.4) is 0 Å². The van der Waals surface area contributed by atoms with Crippen LogP contribution in [0, 0.1) is 11.7 Å². The number of benzene rings is 3. The lowest BCUT2D eigenvalue weighted by Crippen LogP contribution is -2.23. The molecule has 12 heteroatoms. The van der Waals surface area contributed by atoms with Crippen molar-refractivity contribution in [1.82, 2.24) is 10.3 Å². The third kappa shape index (κ3) is 5.93. The Balaban J connectivity index is 1.47. The summed E-state index contributed by atoms with van der Waals surface area (Å²) in [5.74, 6) is -2.02. The zero-order valence-corrected chi connectivity index (χ0v) is 22.6. The zero-order chi connectivity index (χ0) is 27.6. The van der Waals surface area contributed by atoms with Crippen LogP contribution in [0.15, 0.2) is 65.7 Å². The zero-order valence-electron chi connectivity index (χ0n) is 20.2. The van der Waals surface area contributed by atoms with Gasteiger partial charge in [0.2, 0.25) is 5.91 Å². The highest BCUT2D eigenvalue weighted by Crippen LogP contribution is 2.35. The number of halogens is 3. The van der Waals surface area contributed by atoms with Gasteiger partial charge in [0.15, 0.2) is 0 Å². The highest BCUT2D eigenvalue weighted by molar-refractivity contribution is 7.92. The highest BCUT2D eigenvalue weighted by Gasteiger charge is 2.23. The lowest BCUT2D eigenvalue weighted by atomic mass is 10.1. The molecular formula is C26H23Cl2FN4O4S. The van der Waals surface area contributed by atoms with Crippen molar-refractivity contribution in [3.8, 4) is 0 Å². The first-order chi connectivity index (χ1) is 18.0. The molecule has 0 aliphatic carbocycles. The number of anilines is 2. The third-order valence-electron chi connectivity index (χ3n) is 5.64. The van der Waals surface area contributed by atoms with Crippen molar-refractivity contribution in [3.05, 3.63) is 87.8 Å². The molecule has 0 atom stereocenters. The molecule has 0 bridgehead atoms. The molecule has 1 heterocycles. The number of fused-ring (bicyclic) bond motifs is 1. The minimum atomic E-state index is -4.36. The van der Waals surface area contributed by atoms with E-state index < -0.39 is 26.6 Å². The van der Waals surface area contributed by atoms with E-state index in [1.54, 1.807) is 38.1 Å². The van der Waals surface area contributed by atoms with Crippen molar-refractivity contribution in [1.29, 1.82) is 0 Å². The summed E-state index contributed by atoms with van der Waals surface area (Å²) in [5, 5.41) is 6.49. The Labute approximate surface area is 228 Å². The van der Waals surface area contributed by atoms with E-state index in [1.165, 1.54) is 24.4 Å². The molecule has 1 aromatic heterocycles. The van der Waals surface area contributed by atoms with Gasteiger partial charge in [0.1, 0.15) is 10.7 Å². The van der Waals surface area contributed by atoms with E-state index in [4.69, 9.17) is 23.2 Å². The maximum Gasteiger partial charge on any atom is 0.264 e. The third-order valence-corrected chi connectivity index (χ3v) is 7.65. The van der Waals surface area contributed by atoms with Crippen LogP contribution >= 0.6 is 23.2 Å². The maximum absolute atomic E-state index is 14.9. The number of rotatable bonds is 8. The number of carbonyl (C=O) groups is 2. The first-order valence-electron chi connectivity index (χ1n) is 11.4. The van der Waals surface area contributed by atoms with Crippen LogP contribution in [0.2, 0.25) is 10.0 Å². The summed E-state index contributed by atoms with van der Waals surface area (Å²) in [7, 11) is -4.36. The molecule has 0 saturated carbocycles. The molecule has 38 heavy (non-hydrogen) atoms. The minimum absolute atomic E-state index is 0.0595. The molecular weight excluding hydrogens is 554 g/mol. The fraction of sp³-hybridized carbons (Fsp3) is 0.154. The van der Waals surface area contributed by atoms with Gasteiger partial charge in [0, 0.05) is 35.3 Å². The molecule has 198 valence electrons. The van der Waals surface area contributed by atoms with Crippen LogP contribution in [0.25, 0.3) is 10.9 Å². The Bertz CT molecular complexity index is 1650. The molecule has 0 saturated heterocycles. The van der Waals surface area contributed by atoms with Gasteiger partial charge in [-0.3, -0.25) is 14.3 Å². The number of hydrogen-bond donors (Lipinski definition) is 4. The van der Waals surface area contributed by atoms with Crippen molar-refractivity contribution in [3.63, 3.8) is 0 Å². The van der Waals surface area contributed by atoms with Crippen LogP contribution < -0.4 is 15.4 Å². The van der Waals surface area contributed by atoms with Gasteiger partial charge >= 0.3 is 0 Å². The smallest absolute Gasteiger partial charge is 0.264 e. The Morgan fingerprint density at radius 1 is 1.03 bits per heavy atom. The van der Waals surface area contributed by atoms with Gasteiger partial charge in [-0.2, -0.15) is 0 Å². The number of sulfonamides is 1. The molecule has 0 spiro atoms. The molecule has 8 nitrogen and oxygen atoms in total. The van der Waals surface area contributed by atoms with Crippen LogP contribution in [-0.2, 0) is 21.4 Å². The molecule has 2 amide bonds. The van der Waals surface area contributed by atoms with E-state index in [9.17, 15) is 22.4 Å². The standard InChI is InChI=1S/C26H23Cl2FN4O4S/c1-14(2)25(34)32-17-5-3-4-15(10-17)12-31-26(35)16-6-9-22(20(29)11-16)38(36,37)33-21-8-7-18(27)23-19(28)13-30-24(21)23/h3-11,13-14,30,33H,12H2,1-2H3,(H,31,35)(H,32,34). The molecule has 0 aliphatic rings. The minimum Gasteiger partial charge on any atom is -0.358 e. The van der Waals surface area contributed by atoms with Gasteiger partial charge < -0.3 is 15.6 Å². The van der Waals surface area contributed by atoms with E-state index in [2.05, 4.69) is 20.3 Å². The average Bonchev–Trinajstić information content (AvgIpc) is 3.26. The van der Waals surface area contributed by atoms with Gasteiger partial charge in [-0.1, -0.05) is 49.2 Å². The fourth-order valence-corrected chi connectivity index (χ4v) is 5.33. The van der Waals surface area contributed by atoms with E-state index in [0.717, 1.165) is 12.1 Å². The van der Waals surface area contributed by atoms with Gasteiger partial charge in [-0.25, -0.2) is 12.8 Å². The lowest BCUT2D eigenvalue weighted by Gasteiger charge is -2.12. The number of nitrogens with one attached hydrogen (secondary N) is 4. The van der Waals surface area contributed by atoms with Gasteiger partial charge in [0.05, 0.1) is 21.2 Å². The van der Waals surface area contributed by atoms with Gasteiger partial charge in [0.25, 0.3) is 15.9 Å². The SMILES string of the molecule is CC(C)C(=O)Nc1cccc(CNC(=O)c2ccc(S(=O)(=O)Nc3ccc(Cl)c4c(Cl)c[nH]c34)c(F)c2)c1. The summed E-state index contributed by atoms with van der Waals surface area (Å²) < 4.78 is 43.1. The molecule has 4 rings (SSSR count). The first-order valence-corrected chi connectivity index (χ1v) is 13.7. The summed E-state index contributed by atoms with van der Waals surface area (Å²) >= 11 is 12.3. The van der Waals surface area contributed by atoms with Crippen molar-refractivity contribution in [2.75, 3.05) is 10.0 Å². The topological polar surface area (TPSA) is 120 Å². The van der Waals surface area contributed by atoms with Crippen LogP contribution in [-0.4, -0.2) is 25.2 Å². The second-order valence-electron chi connectivity index (χ2n) is 8.76. The number of H-pyrrole nitrogens is 1. The van der Waals surface area contributed by atoms with E-state index in [0.29, 0.717) is 32.2 Å². The van der Waals surface area contributed by atoms with Gasteiger partial charge in [-0.15, -0.1) is 0 Å². The van der Waals surface area contributed by atoms with E-state index >= 15 is 0 Å². The van der Waals surface area contributed by atoms with E-state index in [1.807, 2.05) is 0 Å². The second kappa shape index (κ2) is 11.0. The number of carbonyl (C=O) groups excluding carboxylic acids is 2. The molecule has 4 N–H and O–H groups in total. The largest absolute Gasteiger partial charge is 0.358 e. The average molecular weight is 577 g/mol. The maximum atomic E-state index is 14.9. The summed E-state index contributed by atoms with van der Waals surface area (Å²) in [5.41, 5.74) is 1.71. The van der Waals surface area contributed by atoms with Crippen LogP contribution in [0.4, 0.5) is 15.8 Å². The molecule has 3 aromatic carbocycles. The fourth-order valence-electron chi connectivity index (χ4n) is 3.64. The molecule has 4 aromatic rings. The lowest BCUT2D eigenvalue weighted by molar-refractivity contribution is -0.118. The van der Waals surface area contributed by atoms with E-state index in [-0.39, 0.29) is 29.6 Å². The first kappa shape index (κ1) is 27.4. The van der Waals surface area contributed by atoms with Gasteiger partial charge in [-0.05, 0) is 48.0 Å². The summed E-state index contributed by atoms with van der Waals surface area (Å²) in [6.45, 7) is 3.66. The normalized spacial score (nSPS) is 11.5. The Morgan fingerprint density at radius 2 is 1.79 bits per heavy atom. The highest BCUT2D eigenvalue weighted by atomic mass is 35.5. The summed E-state index contributed by atoms with van der Waals surface area (Å²) in [4.78, 5) is 26.7. The monoisotopic (exact) mass is 576 g/mol. The second-order valence-corrected chi connectivity index (χ2v) is 11.2. The predicted octanol–water partition coefficient (Wildman–Crippen LogP) is 5.94. The summed E-state index contributed by atoms with van der Waals surface area (Å²) in [6.07, 6.45) is 1.46. The van der Waals surface area contributed by atoms with Crippen LogP contribution in [0.5, 0.6) is 0 Å². The Morgan fingerprint density at radius 3 is 2.50 bits per heavy atom. The van der Waals surface area contributed by atoms with Crippen LogP contribution in [0.1, 0.15) is 29.8 Å². The number of hydrogen-bond acceptors (Lipinski definition) is 4. The Hall–Kier alpha value is -3.60. The number of aromatic amines is 1. The van der Waals surface area contributed by atoms with Crippen molar-refractivity contribution in [2.24, 2.45) is 5.92 Å². The predicted molar refractivity (Wildman–Crippen MR) is 147 cm³/mol. The molecule has 0 fully saturated rings. The molecule has 0 radical (unpaired) electrons. The van der Waals surface area contributed by atoms with Crippen molar-refractivity contribution >= 4 is 67.3 Å². The molecule has 0 unspecified atom stereocenters. The summed E-state index contributed by atoms with van der Waals surface area (Å²) in [6, 6.07) is 12.9. The van der Waals surface area contributed by atoms with Crippen molar-refractivity contribution < 1.29 is 22.4 Å². The Kier molecular flexibility index (Phi) is 7.96. The number of amides is 2. The molecule has 0 aliphatic heterocycles. The van der Waals surface area contributed by atoms with Crippen molar-refractivity contribution in [2.45, 2.75) is 25.3 Å². The number of aromatic nitrogens is 1. The quantitative estimate of drug-likeness (QED) is 0.207.